The van der Waals surface area contributed by atoms with Crippen molar-refractivity contribution in [1.29, 1.82) is 0 Å². The molecule has 0 spiro atoms. The van der Waals surface area contributed by atoms with Gasteiger partial charge in [0.05, 0.1) is 0 Å². The van der Waals surface area contributed by atoms with Gasteiger partial charge in [-0.05, 0) is 171 Å². The molecular formula is C64H50S. The van der Waals surface area contributed by atoms with E-state index in [1.165, 1.54) is 131 Å². The van der Waals surface area contributed by atoms with Crippen LogP contribution in [0.3, 0.4) is 0 Å². The van der Waals surface area contributed by atoms with Gasteiger partial charge < -0.3 is 0 Å². The van der Waals surface area contributed by atoms with Crippen molar-refractivity contribution in [1.82, 2.24) is 0 Å². The maximum atomic E-state index is 2.62. The number of benzene rings is 10. The third-order valence-corrected chi connectivity index (χ3v) is 18.5. The van der Waals surface area contributed by atoms with Crippen molar-refractivity contribution in [2.75, 3.05) is 12.5 Å². The summed E-state index contributed by atoms with van der Waals surface area (Å²) >= 11 is 0. The van der Waals surface area contributed by atoms with Gasteiger partial charge in [-0.15, -0.1) is 0 Å². The molecule has 0 amide bonds. The van der Waals surface area contributed by atoms with Crippen LogP contribution < -0.4 is 0 Å². The zero-order valence-electron chi connectivity index (χ0n) is 37.9. The molecule has 0 radical (unpaired) electrons. The number of hydrogen-bond acceptors (Lipinski definition) is 0. The first-order valence-corrected chi connectivity index (χ1v) is 25.5. The second-order valence-corrected chi connectivity index (χ2v) is 23.6. The molecule has 1 heterocycles. The highest BCUT2D eigenvalue weighted by Gasteiger charge is 2.38. The van der Waals surface area contributed by atoms with Crippen LogP contribution in [-0.4, -0.2) is 12.5 Å². The molecule has 0 atom stereocenters. The Morgan fingerprint density at radius 3 is 1.32 bits per heavy atom. The summed E-state index contributed by atoms with van der Waals surface area (Å²) < 4.78 is 0. The molecule has 2 aliphatic carbocycles. The van der Waals surface area contributed by atoms with Gasteiger partial charge >= 0.3 is 0 Å². The maximum absolute atomic E-state index is 2.62. The Morgan fingerprint density at radius 1 is 0.277 bits per heavy atom. The van der Waals surface area contributed by atoms with E-state index in [-0.39, 0.29) is 10.8 Å². The van der Waals surface area contributed by atoms with E-state index >= 15 is 0 Å². The monoisotopic (exact) mass is 850 g/mol. The Kier molecular flexibility index (Phi) is 8.03. The summed E-state index contributed by atoms with van der Waals surface area (Å²) in [5, 5.41) is 5.21. The molecule has 0 N–H and O–H groups in total. The van der Waals surface area contributed by atoms with Gasteiger partial charge in [0.25, 0.3) is 0 Å². The second-order valence-electron chi connectivity index (χ2n) is 20.0. The summed E-state index contributed by atoms with van der Waals surface area (Å²) in [6, 6.07) is 74.3. The zero-order chi connectivity index (χ0) is 44.0. The molecule has 0 saturated heterocycles. The van der Waals surface area contributed by atoms with Crippen LogP contribution in [0.2, 0.25) is 0 Å². The molecule has 312 valence electrons. The third kappa shape index (κ3) is 5.40. The van der Waals surface area contributed by atoms with E-state index in [2.05, 4.69) is 234 Å². The standard InChI is InChI=1S/C64H50S/c1-63(2)55-21-13-10-18-45(55)47-31-29-43(35-57(47)63)61-50-33-28-42(41-26-24-40(25-27-41)39-16-8-7-9-17-39)34-52(50)62(44-30-32-48-46-19-11-14-22-56(46)64(3,4)58(48)36-44)54-38-60-51(37-53(54)61)49-20-12-15-23-59(49)65(60,5)6/h7-38H,1-6H3. The fraction of sp³-hybridized carbons (Fsp3) is 0.125. The molecule has 65 heavy (non-hydrogen) atoms. The van der Waals surface area contributed by atoms with Gasteiger partial charge in [0.2, 0.25) is 0 Å². The molecule has 0 aromatic heterocycles. The van der Waals surface area contributed by atoms with Crippen LogP contribution >= 0.6 is 10.0 Å². The van der Waals surface area contributed by atoms with Crippen molar-refractivity contribution in [3.63, 3.8) is 0 Å². The van der Waals surface area contributed by atoms with Gasteiger partial charge in [0.1, 0.15) is 0 Å². The van der Waals surface area contributed by atoms with Crippen LogP contribution in [0.1, 0.15) is 49.9 Å². The highest BCUT2D eigenvalue weighted by molar-refractivity contribution is 8.33. The van der Waals surface area contributed by atoms with Gasteiger partial charge in [-0.25, -0.2) is 0 Å². The number of fused-ring (bicyclic) bond motifs is 11. The smallest absolute Gasteiger partial charge is 0.0159 e. The van der Waals surface area contributed by atoms with E-state index in [0.29, 0.717) is 0 Å². The molecule has 0 unspecified atom stereocenters. The summed E-state index contributed by atoms with van der Waals surface area (Å²) in [4.78, 5) is 2.96. The van der Waals surface area contributed by atoms with Crippen LogP contribution in [0.15, 0.2) is 204 Å². The fourth-order valence-electron chi connectivity index (χ4n) is 12.1. The average Bonchev–Trinajstić information content (AvgIpc) is 3.81. The Balaban J connectivity index is 1.13. The third-order valence-electron chi connectivity index (χ3n) is 15.6. The Morgan fingerprint density at radius 2 is 0.708 bits per heavy atom. The van der Waals surface area contributed by atoms with Crippen molar-refractivity contribution in [2.24, 2.45) is 0 Å². The van der Waals surface area contributed by atoms with Gasteiger partial charge in [-0.1, -0.05) is 185 Å². The molecule has 1 aliphatic heterocycles. The summed E-state index contributed by atoms with van der Waals surface area (Å²) in [6.07, 6.45) is 5.00. The van der Waals surface area contributed by atoms with E-state index in [1.54, 1.807) is 0 Å². The lowest BCUT2D eigenvalue weighted by Gasteiger charge is -2.29. The minimum absolute atomic E-state index is 0.116. The molecule has 0 saturated carbocycles. The predicted molar refractivity (Wildman–Crippen MR) is 280 cm³/mol. The molecular weight excluding hydrogens is 801 g/mol. The van der Waals surface area contributed by atoms with Crippen molar-refractivity contribution in [3.8, 4) is 77.9 Å². The summed E-state index contributed by atoms with van der Waals surface area (Å²) in [6.45, 7) is 9.61. The number of hydrogen-bond donors (Lipinski definition) is 0. The molecule has 0 fully saturated rings. The van der Waals surface area contributed by atoms with Crippen molar-refractivity contribution >= 4 is 31.6 Å². The minimum Gasteiger partial charge on any atom is -0.192 e. The van der Waals surface area contributed by atoms with Crippen LogP contribution in [0.5, 0.6) is 0 Å². The number of rotatable bonds is 4. The molecule has 10 aromatic carbocycles. The van der Waals surface area contributed by atoms with Crippen LogP contribution in [0, 0.1) is 0 Å². The second kappa shape index (κ2) is 13.6. The summed E-state index contributed by atoms with van der Waals surface area (Å²) in [7, 11) is -1.28. The molecule has 3 aliphatic rings. The molecule has 13 rings (SSSR count). The van der Waals surface area contributed by atoms with Crippen molar-refractivity contribution in [3.05, 3.63) is 216 Å². The highest BCUT2D eigenvalue weighted by Crippen LogP contribution is 2.68. The van der Waals surface area contributed by atoms with Crippen LogP contribution in [0.4, 0.5) is 0 Å². The van der Waals surface area contributed by atoms with Gasteiger partial charge in [0.15, 0.2) is 0 Å². The van der Waals surface area contributed by atoms with Gasteiger partial charge in [0, 0.05) is 20.6 Å². The van der Waals surface area contributed by atoms with Crippen LogP contribution in [-0.2, 0) is 10.8 Å². The lowest BCUT2D eigenvalue weighted by atomic mass is 9.79. The van der Waals surface area contributed by atoms with Crippen molar-refractivity contribution < 1.29 is 0 Å². The topological polar surface area (TPSA) is 0 Å². The molecule has 0 bridgehead atoms. The SMILES string of the molecule is CC1(C)c2ccccc2-c2ccc(-c3c4ccc(-c5ccc(-c6ccccc6)cc5)cc4c(-c4ccc5c(c4)C(C)(C)c4ccccc4-5)c4cc5c(cc34)-c3ccccc3S5(C)C)cc21. The first kappa shape index (κ1) is 38.5. The fourth-order valence-corrected chi connectivity index (χ4v) is 14.7. The lowest BCUT2D eigenvalue weighted by Crippen LogP contribution is -2.15. The maximum Gasteiger partial charge on any atom is 0.0159 e. The van der Waals surface area contributed by atoms with Crippen molar-refractivity contribution in [2.45, 2.75) is 48.3 Å². The molecule has 10 aromatic rings. The highest BCUT2D eigenvalue weighted by atomic mass is 32.3. The molecule has 1 heteroatoms. The summed E-state index contributed by atoms with van der Waals surface area (Å²) in [5.41, 5.74) is 23.6. The lowest BCUT2D eigenvalue weighted by molar-refractivity contribution is 0.660. The first-order chi connectivity index (χ1) is 31.5. The normalized spacial score (nSPS) is 15.8. The Bertz CT molecular complexity index is 3660. The van der Waals surface area contributed by atoms with E-state index in [0.717, 1.165) is 0 Å². The quantitative estimate of drug-likeness (QED) is 0.155. The van der Waals surface area contributed by atoms with E-state index in [1.807, 2.05) is 0 Å². The largest absolute Gasteiger partial charge is 0.192 e. The van der Waals surface area contributed by atoms with E-state index in [4.69, 9.17) is 0 Å². The average molecular weight is 851 g/mol. The minimum atomic E-state index is -1.28. The Labute approximate surface area is 384 Å². The van der Waals surface area contributed by atoms with E-state index in [9.17, 15) is 0 Å². The predicted octanol–water partition coefficient (Wildman–Crippen LogP) is 17.7. The summed E-state index contributed by atoms with van der Waals surface area (Å²) in [5.74, 6) is 0. The van der Waals surface area contributed by atoms with Gasteiger partial charge in [-0.2, -0.15) is 10.0 Å². The van der Waals surface area contributed by atoms with Gasteiger partial charge in [-0.3, -0.25) is 0 Å². The Hall–Kier alpha value is -6.93. The zero-order valence-corrected chi connectivity index (χ0v) is 38.7. The van der Waals surface area contributed by atoms with Crippen LogP contribution in [0.25, 0.3) is 99.4 Å². The first-order valence-electron chi connectivity index (χ1n) is 23.1. The van der Waals surface area contributed by atoms with E-state index < -0.39 is 10.0 Å². The molecule has 0 nitrogen and oxygen atoms in total.